The second-order valence-electron chi connectivity index (χ2n) is 4.55. The summed E-state index contributed by atoms with van der Waals surface area (Å²) in [6.07, 6.45) is 1.64. The molecule has 0 N–H and O–H groups in total. The van der Waals surface area contributed by atoms with Crippen molar-refractivity contribution in [2.75, 3.05) is 11.4 Å². The Hall–Kier alpha value is -2.16. The first-order chi connectivity index (χ1) is 9.13. The fourth-order valence-electron chi connectivity index (χ4n) is 2.06. The molecule has 0 atom stereocenters. The Morgan fingerprint density at radius 1 is 1.21 bits per heavy atom. The van der Waals surface area contributed by atoms with E-state index in [1.165, 1.54) is 0 Å². The third kappa shape index (κ3) is 2.81. The number of benzene rings is 1. The number of aromatic nitrogens is 1. The molecule has 0 aliphatic heterocycles. The maximum Gasteiger partial charge on any atom is 0.276 e. The summed E-state index contributed by atoms with van der Waals surface area (Å²) in [6, 6.07) is 11.5. The molecule has 0 bridgehead atoms. The second-order valence-corrected chi connectivity index (χ2v) is 4.55. The minimum absolute atomic E-state index is 0.0585. The predicted molar refractivity (Wildman–Crippen MR) is 77.5 cm³/mol. The molecule has 1 aromatic carbocycles. The van der Waals surface area contributed by atoms with Crippen LogP contribution in [0.4, 0.5) is 5.69 Å². The molecule has 2 rings (SSSR count). The summed E-state index contributed by atoms with van der Waals surface area (Å²) in [5, 5.41) is 0. The van der Waals surface area contributed by atoms with Gasteiger partial charge in [-0.1, -0.05) is 18.2 Å². The molecular formula is C16H18N2O. The van der Waals surface area contributed by atoms with Crippen LogP contribution in [0.1, 0.15) is 28.5 Å². The fraction of sp³-hybridized carbons (Fsp3) is 0.250. The summed E-state index contributed by atoms with van der Waals surface area (Å²) in [7, 11) is 0. The second kappa shape index (κ2) is 5.65. The standard InChI is InChI=1S/C16H18N2O/c1-4-18(15-11-12(2)8-9-13(15)3)16(19)14-7-5-6-10-17-14/h5-11H,4H2,1-3H3. The molecule has 0 saturated heterocycles. The van der Waals surface area contributed by atoms with Crippen LogP contribution < -0.4 is 4.90 Å². The monoisotopic (exact) mass is 254 g/mol. The normalized spacial score (nSPS) is 10.3. The van der Waals surface area contributed by atoms with Gasteiger partial charge in [-0.2, -0.15) is 0 Å². The highest BCUT2D eigenvalue weighted by molar-refractivity contribution is 6.05. The van der Waals surface area contributed by atoms with E-state index >= 15 is 0 Å². The summed E-state index contributed by atoms with van der Waals surface area (Å²) >= 11 is 0. The van der Waals surface area contributed by atoms with Crippen LogP contribution in [-0.2, 0) is 0 Å². The largest absolute Gasteiger partial charge is 0.307 e. The third-order valence-electron chi connectivity index (χ3n) is 3.10. The summed E-state index contributed by atoms with van der Waals surface area (Å²) in [5.41, 5.74) is 3.67. The van der Waals surface area contributed by atoms with Gasteiger partial charge in [0, 0.05) is 18.4 Å². The van der Waals surface area contributed by atoms with Crippen molar-refractivity contribution < 1.29 is 4.79 Å². The summed E-state index contributed by atoms with van der Waals surface area (Å²) in [4.78, 5) is 18.4. The van der Waals surface area contributed by atoms with E-state index < -0.39 is 0 Å². The minimum Gasteiger partial charge on any atom is -0.307 e. The zero-order valence-electron chi connectivity index (χ0n) is 11.6. The van der Waals surface area contributed by atoms with Crippen LogP contribution in [0.25, 0.3) is 0 Å². The van der Waals surface area contributed by atoms with Gasteiger partial charge in [-0.05, 0) is 50.1 Å². The molecule has 2 aromatic rings. The number of anilines is 1. The lowest BCUT2D eigenvalue weighted by Crippen LogP contribution is -2.31. The topological polar surface area (TPSA) is 33.2 Å². The first-order valence-corrected chi connectivity index (χ1v) is 6.43. The van der Waals surface area contributed by atoms with Crippen LogP contribution in [0.2, 0.25) is 0 Å². The SMILES string of the molecule is CCN(C(=O)c1ccccn1)c1cc(C)ccc1C. The average Bonchev–Trinajstić information content (AvgIpc) is 2.44. The van der Waals surface area contributed by atoms with Crippen molar-refractivity contribution >= 4 is 11.6 Å². The van der Waals surface area contributed by atoms with E-state index in [1.54, 1.807) is 17.2 Å². The fourth-order valence-corrected chi connectivity index (χ4v) is 2.06. The van der Waals surface area contributed by atoms with Crippen LogP contribution in [0.15, 0.2) is 42.6 Å². The minimum atomic E-state index is -0.0585. The molecule has 98 valence electrons. The van der Waals surface area contributed by atoms with Crippen molar-refractivity contribution in [2.24, 2.45) is 0 Å². The molecule has 0 unspecified atom stereocenters. The third-order valence-corrected chi connectivity index (χ3v) is 3.10. The van der Waals surface area contributed by atoms with E-state index in [4.69, 9.17) is 0 Å². The van der Waals surface area contributed by atoms with Crippen molar-refractivity contribution in [2.45, 2.75) is 20.8 Å². The smallest absolute Gasteiger partial charge is 0.276 e. The van der Waals surface area contributed by atoms with Gasteiger partial charge in [0.05, 0.1) is 0 Å². The quantitative estimate of drug-likeness (QED) is 0.841. The number of hydrogen-bond acceptors (Lipinski definition) is 2. The first-order valence-electron chi connectivity index (χ1n) is 6.43. The maximum absolute atomic E-state index is 12.5. The molecule has 19 heavy (non-hydrogen) atoms. The zero-order valence-corrected chi connectivity index (χ0v) is 11.6. The Kier molecular flexibility index (Phi) is 3.95. The van der Waals surface area contributed by atoms with E-state index in [0.29, 0.717) is 12.2 Å². The number of carbonyl (C=O) groups excluding carboxylic acids is 1. The average molecular weight is 254 g/mol. The van der Waals surface area contributed by atoms with Crippen molar-refractivity contribution in [1.82, 2.24) is 4.98 Å². The van der Waals surface area contributed by atoms with Crippen molar-refractivity contribution in [3.63, 3.8) is 0 Å². The van der Waals surface area contributed by atoms with Crippen molar-refractivity contribution in [1.29, 1.82) is 0 Å². The summed E-state index contributed by atoms with van der Waals surface area (Å²) in [6.45, 7) is 6.65. The molecule has 3 heteroatoms. The van der Waals surface area contributed by atoms with Gasteiger partial charge < -0.3 is 4.90 Å². The zero-order chi connectivity index (χ0) is 13.8. The van der Waals surface area contributed by atoms with E-state index in [9.17, 15) is 4.79 Å². The molecule has 0 aliphatic carbocycles. The highest BCUT2D eigenvalue weighted by Crippen LogP contribution is 2.22. The molecule has 0 aliphatic rings. The van der Waals surface area contributed by atoms with Crippen LogP contribution in [0.5, 0.6) is 0 Å². The van der Waals surface area contributed by atoms with E-state index in [1.807, 2.05) is 45.0 Å². The maximum atomic E-state index is 12.5. The molecule has 3 nitrogen and oxygen atoms in total. The van der Waals surface area contributed by atoms with Gasteiger partial charge in [0.2, 0.25) is 0 Å². The number of nitrogens with zero attached hydrogens (tertiary/aromatic N) is 2. The molecule has 0 radical (unpaired) electrons. The number of carbonyl (C=O) groups is 1. The first kappa shape index (κ1) is 13.3. The van der Waals surface area contributed by atoms with Gasteiger partial charge in [0.25, 0.3) is 5.91 Å². The molecule has 1 heterocycles. The van der Waals surface area contributed by atoms with Gasteiger partial charge in [-0.25, -0.2) is 0 Å². The number of pyridine rings is 1. The highest BCUT2D eigenvalue weighted by Gasteiger charge is 2.18. The van der Waals surface area contributed by atoms with E-state index in [2.05, 4.69) is 11.1 Å². The van der Waals surface area contributed by atoms with Crippen LogP contribution in [0.3, 0.4) is 0 Å². The summed E-state index contributed by atoms with van der Waals surface area (Å²) in [5.74, 6) is -0.0585. The van der Waals surface area contributed by atoms with Crippen molar-refractivity contribution in [3.8, 4) is 0 Å². The summed E-state index contributed by atoms with van der Waals surface area (Å²) < 4.78 is 0. The van der Waals surface area contributed by atoms with Crippen LogP contribution in [0, 0.1) is 13.8 Å². The number of hydrogen-bond donors (Lipinski definition) is 0. The molecule has 1 aromatic heterocycles. The number of amides is 1. The van der Waals surface area contributed by atoms with Crippen molar-refractivity contribution in [3.05, 3.63) is 59.4 Å². The van der Waals surface area contributed by atoms with Crippen LogP contribution in [-0.4, -0.2) is 17.4 Å². The molecule has 0 saturated carbocycles. The predicted octanol–water partition coefficient (Wildman–Crippen LogP) is 3.37. The van der Waals surface area contributed by atoms with E-state index in [0.717, 1.165) is 16.8 Å². The Morgan fingerprint density at radius 2 is 2.00 bits per heavy atom. The molecule has 1 amide bonds. The van der Waals surface area contributed by atoms with Gasteiger partial charge in [0.15, 0.2) is 0 Å². The lowest BCUT2D eigenvalue weighted by molar-refractivity contribution is 0.0983. The molecular weight excluding hydrogens is 236 g/mol. The van der Waals surface area contributed by atoms with Gasteiger partial charge in [-0.3, -0.25) is 9.78 Å². The van der Waals surface area contributed by atoms with Gasteiger partial charge in [-0.15, -0.1) is 0 Å². The Morgan fingerprint density at radius 3 is 2.63 bits per heavy atom. The Balaban J connectivity index is 2.40. The molecule has 0 spiro atoms. The Labute approximate surface area is 113 Å². The Bertz CT molecular complexity index is 579. The lowest BCUT2D eigenvalue weighted by atomic mass is 10.1. The lowest BCUT2D eigenvalue weighted by Gasteiger charge is -2.23. The van der Waals surface area contributed by atoms with E-state index in [-0.39, 0.29) is 5.91 Å². The highest BCUT2D eigenvalue weighted by atomic mass is 16.2. The van der Waals surface area contributed by atoms with Gasteiger partial charge in [0.1, 0.15) is 5.69 Å². The van der Waals surface area contributed by atoms with Gasteiger partial charge >= 0.3 is 0 Å². The molecule has 0 fully saturated rings. The number of aryl methyl sites for hydroxylation is 2. The number of rotatable bonds is 3. The van der Waals surface area contributed by atoms with Crippen LogP contribution >= 0.6 is 0 Å².